The van der Waals surface area contributed by atoms with Crippen LogP contribution in [-0.4, -0.2) is 31.2 Å². The van der Waals surface area contributed by atoms with Gasteiger partial charge >= 0.3 is 0 Å². The molecule has 1 aromatic carbocycles. The largest absolute Gasteiger partial charge is 0.508 e. The first-order valence-corrected chi connectivity index (χ1v) is 8.06. The monoisotopic (exact) mass is 300 g/mol. The summed E-state index contributed by atoms with van der Waals surface area (Å²) in [6.45, 7) is 0. The first-order chi connectivity index (χ1) is 8.86. The normalized spacial score (nSPS) is 18.6. The number of hydrogen-bond acceptors (Lipinski definition) is 6. The van der Waals surface area contributed by atoms with Crippen LogP contribution < -0.4 is 10.6 Å². The lowest BCUT2D eigenvalue weighted by atomic mass is 10.2. The maximum absolute atomic E-state index is 11.9. The third-order valence-electron chi connectivity index (χ3n) is 2.32. The van der Waals surface area contributed by atoms with Gasteiger partial charge in [0.1, 0.15) is 9.99 Å². The summed E-state index contributed by atoms with van der Waals surface area (Å²) in [6, 6.07) is 5.90. The number of benzene rings is 1. The van der Waals surface area contributed by atoms with Crippen LogP contribution in [-0.2, 0) is 9.84 Å². The Hall–Kier alpha value is -1.67. The fourth-order valence-corrected chi connectivity index (χ4v) is 3.38. The van der Waals surface area contributed by atoms with Crippen molar-refractivity contribution in [1.82, 2.24) is 10.6 Å². The highest BCUT2D eigenvalue weighted by atomic mass is 32.3. The lowest BCUT2D eigenvalue weighted by Gasteiger charge is -2.12. The second-order valence-corrected chi connectivity index (χ2v) is 7.31. The zero-order chi connectivity index (χ0) is 14.0. The number of carbonyl (C=O) groups excluding carboxylic acids is 1. The molecular weight excluding hydrogens is 288 g/mol. The maximum Gasteiger partial charge on any atom is 0.253 e. The molecule has 1 aliphatic rings. The van der Waals surface area contributed by atoms with Gasteiger partial charge in [-0.15, -0.1) is 0 Å². The van der Waals surface area contributed by atoms with Gasteiger partial charge in [0.05, 0.1) is 0 Å². The van der Waals surface area contributed by atoms with E-state index in [0.717, 1.165) is 18.0 Å². The highest BCUT2D eigenvalue weighted by Crippen LogP contribution is 2.28. The van der Waals surface area contributed by atoms with E-state index < -0.39 is 21.2 Å². The van der Waals surface area contributed by atoms with Crippen LogP contribution in [0, 0.1) is 0 Å². The van der Waals surface area contributed by atoms with Crippen molar-refractivity contribution in [2.75, 3.05) is 6.26 Å². The Kier molecular flexibility index (Phi) is 3.72. The Balaban J connectivity index is 2.00. The predicted molar refractivity (Wildman–Crippen MR) is 73.0 cm³/mol. The van der Waals surface area contributed by atoms with E-state index >= 15 is 0 Å². The second kappa shape index (κ2) is 5.14. The molecular formula is C11H12N2O4S2. The molecule has 6 nitrogen and oxygen atoms in total. The average Bonchev–Trinajstić information content (AvgIpc) is 2.77. The molecule has 19 heavy (non-hydrogen) atoms. The van der Waals surface area contributed by atoms with Gasteiger partial charge in [-0.3, -0.25) is 4.79 Å². The van der Waals surface area contributed by atoms with E-state index in [2.05, 4.69) is 10.6 Å². The summed E-state index contributed by atoms with van der Waals surface area (Å²) in [4.78, 5) is 11.9. The molecule has 3 N–H and O–H groups in total. The van der Waals surface area contributed by atoms with Crippen molar-refractivity contribution in [3.63, 3.8) is 0 Å². The smallest absolute Gasteiger partial charge is 0.253 e. The highest BCUT2D eigenvalue weighted by Gasteiger charge is 2.25. The number of sulfone groups is 1. The van der Waals surface area contributed by atoms with E-state index in [9.17, 15) is 18.3 Å². The van der Waals surface area contributed by atoms with Crippen LogP contribution >= 0.6 is 11.8 Å². The van der Waals surface area contributed by atoms with Gasteiger partial charge in [0.15, 0.2) is 15.3 Å². The summed E-state index contributed by atoms with van der Waals surface area (Å²) in [5.74, 6) is -0.404. The first-order valence-electron chi connectivity index (χ1n) is 5.29. The van der Waals surface area contributed by atoms with Crippen molar-refractivity contribution >= 4 is 27.5 Å². The predicted octanol–water partition coefficient (Wildman–Crippen LogP) is 0.585. The molecule has 0 radical (unpaired) electrons. The van der Waals surface area contributed by atoms with Crippen LogP contribution in [0.5, 0.6) is 5.75 Å². The molecule has 0 aliphatic carbocycles. The van der Waals surface area contributed by atoms with E-state index in [0.29, 0.717) is 5.56 Å². The highest BCUT2D eigenvalue weighted by molar-refractivity contribution is 8.18. The maximum atomic E-state index is 11.9. The quantitative estimate of drug-likeness (QED) is 0.756. The third kappa shape index (κ3) is 3.42. The van der Waals surface area contributed by atoms with E-state index in [1.165, 1.54) is 18.3 Å². The van der Waals surface area contributed by atoms with Crippen molar-refractivity contribution in [1.29, 1.82) is 0 Å². The molecule has 0 saturated heterocycles. The minimum absolute atomic E-state index is 0.00497. The number of aromatic hydroxyl groups is 1. The van der Waals surface area contributed by atoms with Gasteiger partial charge < -0.3 is 15.7 Å². The fraction of sp³-hybridized carbons (Fsp3) is 0.182. The van der Waals surface area contributed by atoms with Gasteiger partial charge in [0, 0.05) is 18.0 Å². The Morgan fingerprint density at radius 2 is 2.21 bits per heavy atom. The van der Waals surface area contributed by atoms with E-state index in [1.54, 1.807) is 12.1 Å². The van der Waals surface area contributed by atoms with Crippen LogP contribution in [0.25, 0.3) is 0 Å². The molecule has 1 aromatic rings. The van der Waals surface area contributed by atoms with Gasteiger partial charge in [-0.05, 0) is 18.2 Å². The van der Waals surface area contributed by atoms with Crippen LogP contribution in [0.1, 0.15) is 10.4 Å². The molecule has 1 unspecified atom stereocenters. The summed E-state index contributed by atoms with van der Waals surface area (Å²) >= 11 is 1.01. The molecule has 102 valence electrons. The molecule has 0 fully saturated rings. The third-order valence-corrected chi connectivity index (χ3v) is 5.21. The lowest BCUT2D eigenvalue weighted by Crippen LogP contribution is -2.38. The number of thioether (sulfide) groups is 1. The molecule has 2 rings (SSSR count). The number of phenols is 1. The Morgan fingerprint density at radius 3 is 2.79 bits per heavy atom. The van der Waals surface area contributed by atoms with E-state index in [4.69, 9.17) is 0 Å². The topological polar surface area (TPSA) is 95.5 Å². The summed E-state index contributed by atoms with van der Waals surface area (Å²) < 4.78 is 22.8. The lowest BCUT2D eigenvalue weighted by molar-refractivity contribution is 0.0947. The molecule has 1 aliphatic heterocycles. The average molecular weight is 300 g/mol. The molecule has 0 aromatic heterocycles. The number of rotatable bonds is 3. The molecule has 0 spiro atoms. The van der Waals surface area contributed by atoms with Crippen molar-refractivity contribution in [3.05, 3.63) is 40.3 Å². The van der Waals surface area contributed by atoms with Crippen LogP contribution in [0.15, 0.2) is 34.7 Å². The number of carbonyl (C=O) groups is 1. The number of nitrogens with one attached hydrogen (secondary N) is 2. The molecule has 1 heterocycles. The fourth-order valence-electron chi connectivity index (χ4n) is 1.44. The van der Waals surface area contributed by atoms with E-state index in [-0.39, 0.29) is 9.99 Å². The van der Waals surface area contributed by atoms with Gasteiger partial charge in [0.2, 0.25) is 0 Å². The van der Waals surface area contributed by atoms with Gasteiger partial charge in [-0.1, -0.05) is 17.8 Å². The zero-order valence-electron chi connectivity index (χ0n) is 9.95. The number of amides is 1. The number of hydrogen-bond donors (Lipinski definition) is 3. The Bertz CT molecular complexity index is 640. The van der Waals surface area contributed by atoms with Crippen molar-refractivity contribution in [2.45, 2.75) is 5.50 Å². The minimum Gasteiger partial charge on any atom is -0.508 e. The first kappa shape index (κ1) is 13.8. The molecule has 1 amide bonds. The van der Waals surface area contributed by atoms with Crippen LogP contribution in [0.2, 0.25) is 0 Å². The van der Waals surface area contributed by atoms with Crippen molar-refractivity contribution < 1.29 is 18.3 Å². The SMILES string of the molecule is CS(=O)(=O)C1=CNC(NC(=O)c2cccc(O)c2)S1. The van der Waals surface area contributed by atoms with Crippen LogP contribution in [0.3, 0.4) is 0 Å². The second-order valence-electron chi connectivity index (χ2n) is 3.92. The Labute approximate surface area is 114 Å². The van der Waals surface area contributed by atoms with Gasteiger partial charge in [-0.25, -0.2) is 8.42 Å². The zero-order valence-corrected chi connectivity index (χ0v) is 11.6. The molecule has 0 bridgehead atoms. The van der Waals surface area contributed by atoms with Crippen molar-refractivity contribution in [2.24, 2.45) is 0 Å². The summed E-state index contributed by atoms with van der Waals surface area (Å²) in [7, 11) is -3.27. The van der Waals surface area contributed by atoms with Gasteiger partial charge in [0.25, 0.3) is 5.91 Å². The molecule has 1 atom stereocenters. The molecule has 8 heteroatoms. The summed E-state index contributed by atoms with van der Waals surface area (Å²) in [5, 5.41) is 14.6. The van der Waals surface area contributed by atoms with E-state index in [1.807, 2.05) is 0 Å². The standard InChI is InChI=1S/C11H12N2O4S2/c1-19(16,17)9-6-12-11(18-9)13-10(15)7-3-2-4-8(14)5-7/h2-6,11-12,14H,1H3,(H,13,15). The Morgan fingerprint density at radius 1 is 1.47 bits per heavy atom. The van der Waals surface area contributed by atoms with Crippen LogP contribution in [0.4, 0.5) is 0 Å². The minimum atomic E-state index is -3.27. The number of phenolic OH excluding ortho intramolecular Hbond substituents is 1. The molecule has 0 saturated carbocycles. The summed E-state index contributed by atoms with van der Waals surface area (Å²) in [5.41, 5.74) is -0.241. The van der Waals surface area contributed by atoms with Gasteiger partial charge in [-0.2, -0.15) is 0 Å². The summed E-state index contributed by atoms with van der Waals surface area (Å²) in [6.07, 6.45) is 2.46. The van der Waals surface area contributed by atoms with Crippen molar-refractivity contribution in [3.8, 4) is 5.75 Å².